The number of nitrogens with one attached hydrogen (secondary N) is 1. The van der Waals surface area contributed by atoms with Gasteiger partial charge in [0.1, 0.15) is 5.75 Å². The van der Waals surface area contributed by atoms with Crippen molar-refractivity contribution in [3.8, 4) is 5.75 Å². The van der Waals surface area contributed by atoms with Gasteiger partial charge in [0.05, 0.1) is 5.52 Å². The van der Waals surface area contributed by atoms with Crippen molar-refractivity contribution < 1.29 is 9.53 Å². The number of anilines is 2. The van der Waals surface area contributed by atoms with Gasteiger partial charge in [-0.15, -0.1) is 0 Å². The Hall–Kier alpha value is -3.90. The Labute approximate surface area is 206 Å². The lowest BCUT2D eigenvalue weighted by Crippen LogP contribution is -2.47. The summed E-state index contributed by atoms with van der Waals surface area (Å²) in [6, 6.07) is 27.7. The molecule has 0 spiro atoms. The number of ether oxygens (including phenoxy) is 1. The van der Waals surface area contributed by atoms with Crippen LogP contribution >= 0.6 is 0 Å². The highest BCUT2D eigenvalue weighted by molar-refractivity contribution is 5.92. The molecule has 0 atom stereocenters. The zero-order chi connectivity index (χ0) is 24.0. The second-order valence-corrected chi connectivity index (χ2v) is 8.90. The standard InChI is InChI=1S/C29H30N4O2/c1-22-13-14-26-27(30-22)11-6-12-28(26)33-19-17-32(18-20-33)16-15-23-7-5-8-24(21-23)31-29(34)35-25-9-3-2-4-10-25/h2-14,21H,15-20H2,1H3,(H,31,34). The number of fused-ring (bicyclic) bond motifs is 1. The highest BCUT2D eigenvalue weighted by atomic mass is 16.6. The quantitative estimate of drug-likeness (QED) is 0.406. The van der Waals surface area contributed by atoms with Gasteiger partial charge in [0.15, 0.2) is 0 Å². The summed E-state index contributed by atoms with van der Waals surface area (Å²) >= 11 is 0. The third-order valence-electron chi connectivity index (χ3n) is 6.40. The topological polar surface area (TPSA) is 57.7 Å². The minimum absolute atomic E-state index is 0.483. The van der Waals surface area contributed by atoms with E-state index in [1.807, 2.05) is 43.3 Å². The van der Waals surface area contributed by atoms with Gasteiger partial charge in [-0.25, -0.2) is 4.79 Å². The van der Waals surface area contributed by atoms with E-state index in [1.165, 1.54) is 16.6 Å². The van der Waals surface area contributed by atoms with Crippen LogP contribution in [0.1, 0.15) is 11.3 Å². The van der Waals surface area contributed by atoms with E-state index >= 15 is 0 Å². The van der Waals surface area contributed by atoms with Gasteiger partial charge in [-0.2, -0.15) is 0 Å². The number of amides is 1. The molecule has 1 aliphatic rings. The van der Waals surface area contributed by atoms with Crippen LogP contribution in [-0.4, -0.2) is 48.7 Å². The lowest BCUT2D eigenvalue weighted by molar-refractivity contribution is 0.215. The summed E-state index contributed by atoms with van der Waals surface area (Å²) in [6.45, 7) is 7.07. The molecule has 3 aromatic carbocycles. The summed E-state index contributed by atoms with van der Waals surface area (Å²) in [5.74, 6) is 0.523. The third-order valence-corrected chi connectivity index (χ3v) is 6.40. The maximum absolute atomic E-state index is 12.2. The third kappa shape index (κ3) is 5.78. The molecule has 0 saturated carbocycles. The second-order valence-electron chi connectivity index (χ2n) is 8.90. The Morgan fingerprint density at radius 2 is 1.71 bits per heavy atom. The number of aromatic nitrogens is 1. The first-order valence-corrected chi connectivity index (χ1v) is 12.1. The van der Waals surface area contributed by atoms with Gasteiger partial charge in [-0.3, -0.25) is 15.2 Å². The van der Waals surface area contributed by atoms with Gasteiger partial charge >= 0.3 is 6.09 Å². The zero-order valence-corrected chi connectivity index (χ0v) is 20.0. The Bertz CT molecular complexity index is 1300. The number of nitrogens with zero attached hydrogens (tertiary/aromatic N) is 3. The van der Waals surface area contributed by atoms with E-state index in [1.54, 1.807) is 12.1 Å². The summed E-state index contributed by atoms with van der Waals surface area (Å²) in [7, 11) is 0. The molecular formula is C29H30N4O2. The molecule has 6 heteroatoms. The Morgan fingerprint density at radius 3 is 2.54 bits per heavy atom. The van der Waals surface area contributed by atoms with Gasteiger partial charge in [-0.1, -0.05) is 36.4 Å². The predicted molar refractivity (Wildman–Crippen MR) is 141 cm³/mol. The number of carbonyl (C=O) groups is 1. The Balaban J connectivity index is 1.13. The summed E-state index contributed by atoms with van der Waals surface area (Å²) in [4.78, 5) is 21.9. The minimum Gasteiger partial charge on any atom is -0.410 e. The Kier molecular flexibility index (Phi) is 6.91. The number of hydrogen-bond acceptors (Lipinski definition) is 5. The molecule has 5 rings (SSSR count). The van der Waals surface area contributed by atoms with Crippen molar-refractivity contribution in [1.82, 2.24) is 9.88 Å². The van der Waals surface area contributed by atoms with Crippen molar-refractivity contribution in [2.45, 2.75) is 13.3 Å². The maximum atomic E-state index is 12.2. The predicted octanol–water partition coefficient (Wildman–Crippen LogP) is 5.52. The van der Waals surface area contributed by atoms with Crippen LogP contribution in [0, 0.1) is 6.92 Å². The van der Waals surface area contributed by atoms with E-state index in [0.29, 0.717) is 5.75 Å². The number of aryl methyl sites for hydroxylation is 1. The zero-order valence-electron chi connectivity index (χ0n) is 20.0. The van der Waals surface area contributed by atoms with E-state index in [2.05, 4.69) is 56.5 Å². The fourth-order valence-corrected chi connectivity index (χ4v) is 4.56. The molecule has 178 valence electrons. The number of carbonyl (C=O) groups excluding carboxylic acids is 1. The van der Waals surface area contributed by atoms with Crippen LogP contribution in [0.5, 0.6) is 5.75 Å². The van der Waals surface area contributed by atoms with Crippen molar-refractivity contribution in [3.63, 3.8) is 0 Å². The van der Waals surface area contributed by atoms with Crippen LogP contribution in [0.25, 0.3) is 10.9 Å². The Morgan fingerprint density at radius 1 is 0.914 bits per heavy atom. The minimum atomic E-state index is -0.483. The van der Waals surface area contributed by atoms with Crippen LogP contribution in [0.2, 0.25) is 0 Å². The monoisotopic (exact) mass is 466 g/mol. The van der Waals surface area contributed by atoms with Gasteiger partial charge in [0.25, 0.3) is 0 Å². The van der Waals surface area contributed by atoms with Crippen molar-refractivity contribution in [1.29, 1.82) is 0 Å². The van der Waals surface area contributed by atoms with Gasteiger partial charge < -0.3 is 9.64 Å². The number of benzene rings is 3. The maximum Gasteiger partial charge on any atom is 0.417 e. The first kappa shape index (κ1) is 22.9. The summed E-state index contributed by atoms with van der Waals surface area (Å²) in [5, 5.41) is 4.05. The molecule has 1 N–H and O–H groups in total. The van der Waals surface area contributed by atoms with E-state index in [-0.39, 0.29) is 0 Å². The SMILES string of the molecule is Cc1ccc2c(N3CCN(CCc4cccc(NC(=O)Oc5ccccc5)c4)CC3)cccc2n1. The van der Waals surface area contributed by atoms with Crippen molar-refractivity contribution in [2.75, 3.05) is 42.9 Å². The van der Waals surface area contributed by atoms with Gasteiger partial charge in [-0.05, 0) is 67.4 Å². The molecule has 0 unspecified atom stereocenters. The second kappa shape index (κ2) is 10.6. The molecule has 1 aliphatic heterocycles. The fraction of sp³-hybridized carbons (Fsp3) is 0.241. The number of para-hydroxylation sites is 1. The molecule has 1 fully saturated rings. The summed E-state index contributed by atoms with van der Waals surface area (Å²) in [5.41, 5.74) is 5.32. The lowest BCUT2D eigenvalue weighted by Gasteiger charge is -2.36. The summed E-state index contributed by atoms with van der Waals surface area (Å²) in [6.07, 6.45) is 0.448. The van der Waals surface area contributed by atoms with E-state index < -0.39 is 6.09 Å². The molecule has 1 aromatic heterocycles. The van der Waals surface area contributed by atoms with Crippen LogP contribution in [0.3, 0.4) is 0 Å². The lowest BCUT2D eigenvalue weighted by atomic mass is 10.1. The van der Waals surface area contributed by atoms with Crippen molar-refractivity contribution in [2.24, 2.45) is 0 Å². The molecule has 35 heavy (non-hydrogen) atoms. The first-order chi connectivity index (χ1) is 17.1. The van der Waals surface area contributed by atoms with Crippen LogP contribution < -0.4 is 15.0 Å². The van der Waals surface area contributed by atoms with E-state index in [0.717, 1.165) is 56.0 Å². The number of hydrogen-bond donors (Lipinski definition) is 1. The van der Waals surface area contributed by atoms with Crippen LogP contribution in [0.4, 0.5) is 16.2 Å². The molecule has 0 bridgehead atoms. The smallest absolute Gasteiger partial charge is 0.410 e. The first-order valence-electron chi connectivity index (χ1n) is 12.1. The molecule has 0 radical (unpaired) electrons. The fourth-order valence-electron chi connectivity index (χ4n) is 4.56. The van der Waals surface area contributed by atoms with Crippen LogP contribution in [0.15, 0.2) is 84.9 Å². The average molecular weight is 467 g/mol. The van der Waals surface area contributed by atoms with Gasteiger partial charge in [0.2, 0.25) is 0 Å². The van der Waals surface area contributed by atoms with Gasteiger partial charge in [0, 0.05) is 55.2 Å². The molecule has 6 nitrogen and oxygen atoms in total. The largest absolute Gasteiger partial charge is 0.417 e. The number of pyridine rings is 1. The van der Waals surface area contributed by atoms with E-state index in [9.17, 15) is 4.79 Å². The highest BCUT2D eigenvalue weighted by Gasteiger charge is 2.19. The van der Waals surface area contributed by atoms with Crippen molar-refractivity contribution >= 4 is 28.4 Å². The average Bonchev–Trinajstić information content (AvgIpc) is 2.88. The molecule has 2 heterocycles. The van der Waals surface area contributed by atoms with Crippen molar-refractivity contribution in [3.05, 3.63) is 96.2 Å². The normalized spacial score (nSPS) is 14.1. The number of rotatable bonds is 6. The molecular weight excluding hydrogens is 436 g/mol. The highest BCUT2D eigenvalue weighted by Crippen LogP contribution is 2.27. The molecule has 0 aliphatic carbocycles. The van der Waals surface area contributed by atoms with Crippen LogP contribution in [-0.2, 0) is 6.42 Å². The molecule has 1 saturated heterocycles. The number of piperazine rings is 1. The molecule has 4 aromatic rings. The molecule has 1 amide bonds. The summed E-state index contributed by atoms with van der Waals surface area (Å²) < 4.78 is 5.33. The van der Waals surface area contributed by atoms with E-state index in [4.69, 9.17) is 4.74 Å².